The number of anilines is 1. The maximum atomic E-state index is 11.0. The van der Waals surface area contributed by atoms with Crippen LogP contribution >= 0.6 is 0 Å². The molecule has 0 aliphatic carbocycles. The van der Waals surface area contributed by atoms with Gasteiger partial charge >= 0.3 is 0 Å². The quantitative estimate of drug-likeness (QED) is 0.423. The number of nitrogen functional groups attached to an aromatic ring is 1. The van der Waals surface area contributed by atoms with Gasteiger partial charge in [-0.15, -0.1) is 0 Å². The van der Waals surface area contributed by atoms with Gasteiger partial charge in [0.25, 0.3) is 5.69 Å². The monoisotopic (exact) mass is 280 g/mol. The van der Waals surface area contributed by atoms with Crippen LogP contribution in [0.4, 0.5) is 11.4 Å². The summed E-state index contributed by atoms with van der Waals surface area (Å²) >= 11 is 0. The fourth-order valence-corrected chi connectivity index (χ4v) is 2.72. The summed E-state index contributed by atoms with van der Waals surface area (Å²) in [7, 11) is 0. The van der Waals surface area contributed by atoms with E-state index in [0.29, 0.717) is 12.2 Å². The number of piperidine rings is 1. The molecule has 1 saturated heterocycles. The lowest BCUT2D eigenvalue weighted by molar-refractivity contribution is -0.384. The molecule has 1 heterocycles. The third kappa shape index (κ3) is 3.24. The Labute approximate surface area is 117 Å². The number of likely N-dealkylation sites (tertiary alicyclic amines) is 1. The maximum Gasteiger partial charge on any atom is 0.293 e. The van der Waals surface area contributed by atoms with Gasteiger partial charge in [0.15, 0.2) is 0 Å². The van der Waals surface area contributed by atoms with Crippen molar-refractivity contribution in [1.29, 1.82) is 0 Å². The average molecular weight is 280 g/mol. The van der Waals surface area contributed by atoms with E-state index in [9.17, 15) is 15.2 Å². The first-order chi connectivity index (χ1) is 9.65. The molecule has 0 aromatic heterocycles. The number of nitrogens with two attached hydrogens (primary N) is 1. The fraction of sp³-hybridized carbons (Fsp3) is 0.538. The number of hydrogen-bond donors (Lipinski definition) is 3. The highest BCUT2D eigenvalue weighted by atomic mass is 16.6. The molecule has 110 valence electrons. The standard InChI is InChI=1S/C13H20N4O3/c14-15-13-11(4-1-5-12(13)17(19)20)8-16-6-2-3-10(7-16)9-18/h1,4-5,10,15,18H,2-3,6-9,14H2. The predicted octanol–water partition coefficient (Wildman–Crippen LogP) is 1.08. The Morgan fingerprint density at radius 2 is 2.35 bits per heavy atom. The molecule has 1 unspecified atom stereocenters. The predicted molar refractivity (Wildman–Crippen MR) is 76.0 cm³/mol. The van der Waals surface area contributed by atoms with Crippen LogP contribution < -0.4 is 11.3 Å². The Kier molecular flexibility index (Phi) is 4.89. The number of hydrazine groups is 1. The number of nitrogens with zero attached hydrogens (tertiary/aromatic N) is 2. The number of benzene rings is 1. The van der Waals surface area contributed by atoms with Gasteiger partial charge in [0.1, 0.15) is 5.69 Å². The van der Waals surface area contributed by atoms with E-state index < -0.39 is 4.92 Å². The lowest BCUT2D eigenvalue weighted by atomic mass is 9.98. The molecule has 1 aromatic rings. The van der Waals surface area contributed by atoms with Crippen LogP contribution in [0.3, 0.4) is 0 Å². The van der Waals surface area contributed by atoms with Crippen LogP contribution in [0, 0.1) is 16.0 Å². The number of rotatable bonds is 5. The van der Waals surface area contributed by atoms with Gasteiger partial charge in [0.2, 0.25) is 0 Å². The molecular weight excluding hydrogens is 260 g/mol. The molecule has 0 bridgehead atoms. The zero-order chi connectivity index (χ0) is 14.5. The summed E-state index contributed by atoms with van der Waals surface area (Å²) in [6.07, 6.45) is 2.06. The molecule has 0 amide bonds. The second kappa shape index (κ2) is 6.65. The normalized spacial score (nSPS) is 19.8. The molecule has 1 aromatic carbocycles. The number of nitro benzene ring substituents is 1. The van der Waals surface area contributed by atoms with Crippen molar-refractivity contribution in [2.75, 3.05) is 25.1 Å². The van der Waals surface area contributed by atoms with E-state index in [1.54, 1.807) is 6.07 Å². The molecule has 4 N–H and O–H groups in total. The van der Waals surface area contributed by atoms with Crippen LogP contribution in [-0.4, -0.2) is 34.6 Å². The molecule has 20 heavy (non-hydrogen) atoms. The average Bonchev–Trinajstić information content (AvgIpc) is 2.47. The summed E-state index contributed by atoms with van der Waals surface area (Å²) in [6.45, 7) is 2.53. The minimum Gasteiger partial charge on any atom is -0.396 e. The summed E-state index contributed by atoms with van der Waals surface area (Å²) in [5, 5.41) is 20.2. The summed E-state index contributed by atoms with van der Waals surface area (Å²) in [6, 6.07) is 4.94. The van der Waals surface area contributed by atoms with Gasteiger partial charge < -0.3 is 10.5 Å². The van der Waals surface area contributed by atoms with Crippen molar-refractivity contribution in [3.63, 3.8) is 0 Å². The molecule has 1 fully saturated rings. The molecule has 7 heteroatoms. The lowest BCUT2D eigenvalue weighted by Gasteiger charge is -2.32. The first-order valence-corrected chi connectivity index (χ1v) is 6.71. The van der Waals surface area contributed by atoms with Gasteiger partial charge in [-0.3, -0.25) is 20.9 Å². The van der Waals surface area contributed by atoms with E-state index in [2.05, 4.69) is 10.3 Å². The molecular formula is C13H20N4O3. The topological polar surface area (TPSA) is 105 Å². The fourth-order valence-electron chi connectivity index (χ4n) is 2.72. The second-order valence-corrected chi connectivity index (χ2v) is 5.14. The van der Waals surface area contributed by atoms with Crippen LogP contribution in [0.5, 0.6) is 0 Å². The van der Waals surface area contributed by atoms with Gasteiger partial charge in [-0.1, -0.05) is 12.1 Å². The Morgan fingerprint density at radius 3 is 3.00 bits per heavy atom. The van der Waals surface area contributed by atoms with Crippen molar-refractivity contribution < 1.29 is 10.0 Å². The highest BCUT2D eigenvalue weighted by Crippen LogP contribution is 2.29. The summed E-state index contributed by atoms with van der Waals surface area (Å²) < 4.78 is 0. The molecule has 0 radical (unpaired) electrons. The van der Waals surface area contributed by atoms with Gasteiger partial charge in [-0.25, -0.2) is 0 Å². The smallest absolute Gasteiger partial charge is 0.293 e. The van der Waals surface area contributed by atoms with Crippen molar-refractivity contribution in [2.24, 2.45) is 11.8 Å². The zero-order valence-corrected chi connectivity index (χ0v) is 11.3. The van der Waals surface area contributed by atoms with E-state index in [-0.39, 0.29) is 18.2 Å². The van der Waals surface area contributed by atoms with E-state index in [1.165, 1.54) is 6.07 Å². The van der Waals surface area contributed by atoms with Crippen LogP contribution in [-0.2, 0) is 6.54 Å². The van der Waals surface area contributed by atoms with Crippen LogP contribution in [0.25, 0.3) is 0 Å². The second-order valence-electron chi connectivity index (χ2n) is 5.14. The Bertz CT molecular complexity index is 481. The largest absolute Gasteiger partial charge is 0.396 e. The van der Waals surface area contributed by atoms with E-state index in [1.807, 2.05) is 6.07 Å². The van der Waals surface area contributed by atoms with Gasteiger partial charge in [-0.2, -0.15) is 0 Å². The third-order valence-corrected chi connectivity index (χ3v) is 3.73. The molecule has 1 aliphatic heterocycles. The summed E-state index contributed by atoms with van der Waals surface area (Å²) in [5.41, 5.74) is 3.60. The van der Waals surface area contributed by atoms with Crippen LogP contribution in [0.2, 0.25) is 0 Å². The van der Waals surface area contributed by atoms with Crippen molar-refractivity contribution in [3.05, 3.63) is 33.9 Å². The number of nitrogens with one attached hydrogen (secondary N) is 1. The number of nitro groups is 1. The lowest BCUT2D eigenvalue weighted by Crippen LogP contribution is -2.36. The van der Waals surface area contributed by atoms with E-state index in [0.717, 1.165) is 31.5 Å². The van der Waals surface area contributed by atoms with Gasteiger partial charge in [0, 0.05) is 25.8 Å². The van der Waals surface area contributed by atoms with Gasteiger partial charge in [-0.05, 0) is 30.9 Å². The molecule has 1 atom stereocenters. The Balaban J connectivity index is 2.16. The zero-order valence-electron chi connectivity index (χ0n) is 11.3. The third-order valence-electron chi connectivity index (χ3n) is 3.73. The molecule has 2 rings (SSSR count). The Morgan fingerprint density at radius 1 is 1.55 bits per heavy atom. The van der Waals surface area contributed by atoms with Crippen molar-refractivity contribution in [2.45, 2.75) is 19.4 Å². The summed E-state index contributed by atoms with van der Waals surface area (Å²) in [4.78, 5) is 12.7. The van der Waals surface area contributed by atoms with E-state index >= 15 is 0 Å². The highest BCUT2D eigenvalue weighted by Gasteiger charge is 2.22. The minimum absolute atomic E-state index is 0.0132. The highest BCUT2D eigenvalue weighted by molar-refractivity contribution is 5.65. The van der Waals surface area contributed by atoms with E-state index in [4.69, 9.17) is 5.84 Å². The molecule has 0 saturated carbocycles. The Hall–Kier alpha value is -1.70. The first kappa shape index (κ1) is 14.7. The van der Waals surface area contributed by atoms with Crippen LogP contribution in [0.1, 0.15) is 18.4 Å². The number of hydrogen-bond acceptors (Lipinski definition) is 6. The number of aliphatic hydroxyl groups excluding tert-OH is 1. The SMILES string of the molecule is NNc1c(CN2CCCC(CO)C2)cccc1[N+](=O)[O-]. The minimum atomic E-state index is -0.439. The maximum absolute atomic E-state index is 11.0. The van der Waals surface area contributed by atoms with Gasteiger partial charge in [0.05, 0.1) is 4.92 Å². The molecule has 0 spiro atoms. The first-order valence-electron chi connectivity index (χ1n) is 6.71. The van der Waals surface area contributed by atoms with Crippen molar-refractivity contribution >= 4 is 11.4 Å². The molecule has 7 nitrogen and oxygen atoms in total. The number of aliphatic hydroxyl groups is 1. The number of para-hydroxylation sites is 1. The summed E-state index contributed by atoms with van der Waals surface area (Å²) in [5.74, 6) is 5.72. The van der Waals surface area contributed by atoms with Crippen LogP contribution in [0.15, 0.2) is 18.2 Å². The van der Waals surface area contributed by atoms with Crippen molar-refractivity contribution in [1.82, 2.24) is 4.90 Å². The molecule has 1 aliphatic rings. The van der Waals surface area contributed by atoms with Crippen molar-refractivity contribution in [3.8, 4) is 0 Å².